The van der Waals surface area contributed by atoms with Crippen LogP contribution in [0, 0.1) is 0 Å². The van der Waals surface area contributed by atoms with Crippen LogP contribution in [0.1, 0.15) is 28.5 Å². The van der Waals surface area contributed by atoms with Crippen LogP contribution in [0.2, 0.25) is 0 Å². The third-order valence-electron chi connectivity index (χ3n) is 3.64. The molecule has 1 atom stereocenters. The van der Waals surface area contributed by atoms with Crippen LogP contribution in [0.15, 0.2) is 34.1 Å². The SMILES string of the molecule is NNC(CCc1ccc2c(c1)CCO2)c1sccc1Br. The van der Waals surface area contributed by atoms with Gasteiger partial charge in [-0.15, -0.1) is 11.3 Å². The summed E-state index contributed by atoms with van der Waals surface area (Å²) in [5.41, 5.74) is 5.60. The predicted octanol–water partition coefficient (Wildman–Crippen LogP) is 3.58. The highest BCUT2D eigenvalue weighted by Gasteiger charge is 2.16. The highest BCUT2D eigenvalue weighted by atomic mass is 79.9. The number of hydrazine groups is 1. The Kier molecular flexibility index (Phi) is 4.41. The molecule has 1 unspecified atom stereocenters. The van der Waals surface area contributed by atoms with Crippen molar-refractivity contribution in [2.45, 2.75) is 25.3 Å². The van der Waals surface area contributed by atoms with Crippen molar-refractivity contribution in [2.75, 3.05) is 6.61 Å². The maximum atomic E-state index is 5.70. The molecule has 0 saturated carbocycles. The van der Waals surface area contributed by atoms with E-state index in [2.05, 4.69) is 51.0 Å². The molecule has 1 aliphatic rings. The van der Waals surface area contributed by atoms with Gasteiger partial charge in [-0.2, -0.15) is 0 Å². The summed E-state index contributed by atoms with van der Waals surface area (Å²) in [6.07, 6.45) is 3.01. The first-order valence-electron chi connectivity index (χ1n) is 6.71. The third-order valence-corrected chi connectivity index (χ3v) is 5.62. The molecule has 0 spiro atoms. The first-order chi connectivity index (χ1) is 9.78. The Bertz CT molecular complexity index is 599. The number of fused-ring (bicyclic) bond motifs is 1. The van der Waals surface area contributed by atoms with Gasteiger partial charge in [-0.3, -0.25) is 11.3 Å². The summed E-state index contributed by atoms with van der Waals surface area (Å²) in [6, 6.07) is 8.76. The molecule has 0 saturated heterocycles. The molecule has 1 aromatic heterocycles. The highest BCUT2D eigenvalue weighted by molar-refractivity contribution is 9.10. The van der Waals surface area contributed by atoms with Crippen LogP contribution < -0.4 is 16.0 Å². The second kappa shape index (κ2) is 6.26. The number of benzene rings is 1. The van der Waals surface area contributed by atoms with Gasteiger partial charge in [0, 0.05) is 15.8 Å². The molecule has 0 bridgehead atoms. The van der Waals surface area contributed by atoms with Crippen LogP contribution in [-0.2, 0) is 12.8 Å². The van der Waals surface area contributed by atoms with E-state index in [1.807, 2.05) is 0 Å². The van der Waals surface area contributed by atoms with Crippen LogP contribution in [0.25, 0.3) is 0 Å². The second-order valence-electron chi connectivity index (χ2n) is 4.93. The molecule has 20 heavy (non-hydrogen) atoms. The number of nitrogens with one attached hydrogen (secondary N) is 1. The van der Waals surface area contributed by atoms with Crippen LogP contribution in [0.5, 0.6) is 5.75 Å². The van der Waals surface area contributed by atoms with Crippen molar-refractivity contribution in [3.05, 3.63) is 50.1 Å². The minimum absolute atomic E-state index is 0.189. The van der Waals surface area contributed by atoms with Gasteiger partial charge in [0.1, 0.15) is 5.75 Å². The molecule has 106 valence electrons. The number of thiophene rings is 1. The Hall–Kier alpha value is -0.880. The van der Waals surface area contributed by atoms with Crippen LogP contribution >= 0.6 is 27.3 Å². The lowest BCUT2D eigenvalue weighted by Crippen LogP contribution is -2.28. The molecule has 1 aromatic carbocycles. The average Bonchev–Trinajstić information content (AvgIpc) is 3.08. The number of halogens is 1. The molecule has 0 radical (unpaired) electrons. The first-order valence-corrected chi connectivity index (χ1v) is 8.39. The van der Waals surface area contributed by atoms with E-state index in [1.54, 1.807) is 11.3 Å². The largest absolute Gasteiger partial charge is 0.493 e. The third kappa shape index (κ3) is 2.91. The van der Waals surface area contributed by atoms with Gasteiger partial charge in [-0.1, -0.05) is 12.1 Å². The Morgan fingerprint density at radius 2 is 2.30 bits per heavy atom. The molecule has 0 aliphatic carbocycles. The summed E-state index contributed by atoms with van der Waals surface area (Å²) < 4.78 is 6.67. The van der Waals surface area contributed by atoms with Crippen LogP contribution in [0.3, 0.4) is 0 Å². The predicted molar refractivity (Wildman–Crippen MR) is 86.0 cm³/mol. The van der Waals surface area contributed by atoms with E-state index >= 15 is 0 Å². The minimum atomic E-state index is 0.189. The smallest absolute Gasteiger partial charge is 0.122 e. The number of aryl methyl sites for hydroxylation is 1. The molecule has 5 heteroatoms. The zero-order valence-electron chi connectivity index (χ0n) is 11.1. The number of hydrogen-bond donors (Lipinski definition) is 2. The van der Waals surface area contributed by atoms with Crippen molar-refractivity contribution in [3.63, 3.8) is 0 Å². The minimum Gasteiger partial charge on any atom is -0.493 e. The Balaban J connectivity index is 1.68. The topological polar surface area (TPSA) is 47.3 Å². The van der Waals surface area contributed by atoms with Crippen LogP contribution in [0.4, 0.5) is 0 Å². The fourth-order valence-corrected chi connectivity index (χ4v) is 4.30. The first kappa shape index (κ1) is 14.1. The number of ether oxygens (including phenoxy) is 1. The van der Waals surface area contributed by atoms with Crippen LogP contribution in [-0.4, -0.2) is 6.61 Å². The lowest BCUT2D eigenvalue weighted by Gasteiger charge is -2.15. The molecule has 1 aliphatic heterocycles. The Labute approximate surface area is 131 Å². The van der Waals surface area contributed by atoms with Gasteiger partial charge in [0.15, 0.2) is 0 Å². The van der Waals surface area contributed by atoms with Gasteiger partial charge in [0.25, 0.3) is 0 Å². The van der Waals surface area contributed by atoms with Gasteiger partial charge in [-0.05, 0) is 57.4 Å². The van der Waals surface area contributed by atoms with Crippen molar-refractivity contribution in [2.24, 2.45) is 5.84 Å². The normalized spacial score (nSPS) is 14.9. The summed E-state index contributed by atoms with van der Waals surface area (Å²) in [7, 11) is 0. The standard InChI is InChI=1S/C15H17BrN2OS/c16-12-6-8-20-15(12)13(18-17)3-1-10-2-4-14-11(9-10)5-7-19-14/h2,4,6,8-9,13,18H,1,3,5,7,17H2. The summed E-state index contributed by atoms with van der Waals surface area (Å²) in [6.45, 7) is 0.813. The molecule has 3 N–H and O–H groups in total. The van der Waals surface area contributed by atoms with Crippen molar-refractivity contribution >= 4 is 27.3 Å². The Morgan fingerprint density at radius 1 is 1.40 bits per heavy atom. The second-order valence-corrected chi connectivity index (χ2v) is 6.73. The average molecular weight is 353 g/mol. The van der Waals surface area contributed by atoms with E-state index in [0.29, 0.717) is 0 Å². The van der Waals surface area contributed by atoms with Crippen molar-refractivity contribution in [1.29, 1.82) is 0 Å². The number of rotatable bonds is 5. The molecule has 3 rings (SSSR count). The van der Waals surface area contributed by atoms with Gasteiger partial charge < -0.3 is 4.74 Å². The van der Waals surface area contributed by atoms with E-state index in [1.165, 1.54) is 16.0 Å². The van der Waals surface area contributed by atoms with E-state index in [0.717, 1.165) is 36.1 Å². The molecule has 0 amide bonds. The summed E-state index contributed by atoms with van der Waals surface area (Å²) >= 11 is 5.30. The van der Waals surface area contributed by atoms with Gasteiger partial charge >= 0.3 is 0 Å². The van der Waals surface area contributed by atoms with Crippen molar-refractivity contribution in [3.8, 4) is 5.75 Å². The van der Waals surface area contributed by atoms with Crippen molar-refractivity contribution < 1.29 is 4.74 Å². The fourth-order valence-electron chi connectivity index (χ4n) is 2.55. The molecular formula is C15H17BrN2OS. The van der Waals surface area contributed by atoms with Crippen molar-refractivity contribution in [1.82, 2.24) is 5.43 Å². The monoisotopic (exact) mass is 352 g/mol. The quantitative estimate of drug-likeness (QED) is 0.638. The van der Waals surface area contributed by atoms with Gasteiger partial charge in [0.05, 0.1) is 12.6 Å². The van der Waals surface area contributed by atoms with E-state index in [-0.39, 0.29) is 6.04 Å². The van der Waals surface area contributed by atoms with E-state index in [9.17, 15) is 0 Å². The summed E-state index contributed by atoms with van der Waals surface area (Å²) in [5, 5.41) is 2.08. The summed E-state index contributed by atoms with van der Waals surface area (Å²) in [5.74, 6) is 6.75. The number of hydrogen-bond acceptors (Lipinski definition) is 4. The zero-order valence-corrected chi connectivity index (χ0v) is 13.5. The highest BCUT2D eigenvalue weighted by Crippen LogP contribution is 2.32. The lowest BCUT2D eigenvalue weighted by molar-refractivity contribution is 0.357. The van der Waals surface area contributed by atoms with E-state index < -0.39 is 0 Å². The van der Waals surface area contributed by atoms with Gasteiger partial charge in [0.2, 0.25) is 0 Å². The Morgan fingerprint density at radius 3 is 3.05 bits per heavy atom. The number of nitrogens with two attached hydrogens (primary N) is 1. The maximum Gasteiger partial charge on any atom is 0.122 e. The molecule has 3 nitrogen and oxygen atoms in total. The molecule has 2 heterocycles. The zero-order chi connectivity index (χ0) is 13.9. The van der Waals surface area contributed by atoms with E-state index in [4.69, 9.17) is 10.6 Å². The van der Waals surface area contributed by atoms with Gasteiger partial charge in [-0.25, -0.2) is 0 Å². The molecular weight excluding hydrogens is 336 g/mol. The molecule has 0 fully saturated rings. The fraction of sp³-hybridized carbons (Fsp3) is 0.333. The molecule has 2 aromatic rings. The maximum absolute atomic E-state index is 5.70. The lowest BCUT2D eigenvalue weighted by atomic mass is 10.0. The summed E-state index contributed by atoms with van der Waals surface area (Å²) in [4.78, 5) is 1.26.